The molecule has 1 aromatic carbocycles. The molecule has 170 valence electrons. The lowest BCUT2D eigenvalue weighted by Crippen LogP contribution is -2.49. The van der Waals surface area contributed by atoms with E-state index >= 15 is 0 Å². The van der Waals surface area contributed by atoms with Gasteiger partial charge in [-0.1, -0.05) is 70.4 Å². The number of amides is 1. The number of ether oxygens (including phenoxy) is 1. The number of benzene rings is 1. The second-order valence-electron chi connectivity index (χ2n) is 9.80. The molecule has 1 saturated heterocycles. The Hall–Kier alpha value is -2.44. The first-order valence-electron chi connectivity index (χ1n) is 11.4. The van der Waals surface area contributed by atoms with Gasteiger partial charge in [0.05, 0.1) is 12.5 Å². The fourth-order valence-electron chi connectivity index (χ4n) is 5.46. The highest BCUT2D eigenvalue weighted by atomic mass is 16.6. The van der Waals surface area contributed by atoms with Gasteiger partial charge in [0, 0.05) is 10.8 Å². The van der Waals surface area contributed by atoms with Crippen molar-refractivity contribution < 1.29 is 19.2 Å². The van der Waals surface area contributed by atoms with Crippen LogP contribution in [0.5, 0.6) is 0 Å². The number of likely N-dealkylation sites (tertiary alicyclic amines) is 1. The molecule has 1 saturated carbocycles. The first kappa shape index (κ1) is 23.2. The Bertz CT molecular complexity index is 798. The van der Waals surface area contributed by atoms with Crippen LogP contribution < -0.4 is 0 Å². The third-order valence-electron chi connectivity index (χ3n) is 6.75. The van der Waals surface area contributed by atoms with E-state index in [0.717, 1.165) is 32.1 Å². The molecule has 1 aromatic rings. The van der Waals surface area contributed by atoms with E-state index in [-0.39, 0.29) is 23.4 Å². The van der Waals surface area contributed by atoms with Crippen molar-refractivity contribution in [3.8, 4) is 0 Å². The molecule has 0 unspecified atom stereocenters. The van der Waals surface area contributed by atoms with E-state index in [1.807, 2.05) is 51.1 Å². The minimum atomic E-state index is -1.09. The monoisotopic (exact) mass is 430 g/mol. The van der Waals surface area contributed by atoms with E-state index in [1.54, 1.807) is 6.92 Å². The highest BCUT2D eigenvalue weighted by molar-refractivity contribution is 5.87. The van der Waals surface area contributed by atoms with Crippen molar-refractivity contribution in [1.82, 2.24) is 4.90 Å². The molecule has 2 fully saturated rings. The lowest BCUT2D eigenvalue weighted by molar-refractivity contribution is -0.536. The molecule has 0 N–H and O–H groups in total. The van der Waals surface area contributed by atoms with Gasteiger partial charge < -0.3 is 9.64 Å². The van der Waals surface area contributed by atoms with E-state index in [1.165, 1.54) is 4.90 Å². The van der Waals surface area contributed by atoms with Gasteiger partial charge >= 0.3 is 5.97 Å². The number of nitrogens with zero attached hydrogens (tertiary/aromatic N) is 2. The zero-order valence-corrected chi connectivity index (χ0v) is 19.0. The van der Waals surface area contributed by atoms with Crippen molar-refractivity contribution in [1.29, 1.82) is 0 Å². The molecule has 7 heteroatoms. The van der Waals surface area contributed by atoms with Crippen LogP contribution in [0.2, 0.25) is 0 Å². The number of nitro groups is 1. The number of hydrogen-bond acceptors (Lipinski definition) is 5. The molecule has 1 amide bonds. The van der Waals surface area contributed by atoms with Crippen LogP contribution in [0.3, 0.4) is 0 Å². The molecule has 1 heterocycles. The Morgan fingerprint density at radius 2 is 1.74 bits per heavy atom. The summed E-state index contributed by atoms with van der Waals surface area (Å²) in [5.41, 5.74) is 0.110. The maximum absolute atomic E-state index is 13.8. The second-order valence-corrected chi connectivity index (χ2v) is 9.80. The van der Waals surface area contributed by atoms with Gasteiger partial charge in [-0.2, -0.15) is 0 Å². The van der Waals surface area contributed by atoms with Gasteiger partial charge in [0.25, 0.3) is 0 Å². The van der Waals surface area contributed by atoms with Crippen molar-refractivity contribution in [3.05, 3.63) is 46.0 Å². The number of carbonyl (C=O) groups is 2. The standard InChI is InChI=1S/C24H34N2O5/c1-5-31-23(28)21-18(24(2,3)4)20(26(29)30)19(16-12-8-6-9-13-16)25(21)22(27)17-14-10-7-11-15-17/h6,8-9,12-13,17-21H,5,7,10-11,14-15H2,1-4H3/t18-,19-,20-,21-/m0/s1. The van der Waals surface area contributed by atoms with Gasteiger partial charge in [-0.25, -0.2) is 4.79 Å². The summed E-state index contributed by atoms with van der Waals surface area (Å²) in [5.74, 6) is -1.57. The molecule has 1 aliphatic heterocycles. The topological polar surface area (TPSA) is 89.8 Å². The summed E-state index contributed by atoms with van der Waals surface area (Å²) in [4.78, 5) is 40.7. The van der Waals surface area contributed by atoms with Gasteiger partial charge in [0.2, 0.25) is 11.9 Å². The van der Waals surface area contributed by atoms with E-state index in [0.29, 0.717) is 5.56 Å². The highest BCUT2D eigenvalue weighted by Crippen LogP contribution is 2.50. The van der Waals surface area contributed by atoms with E-state index in [4.69, 9.17) is 4.74 Å². The summed E-state index contributed by atoms with van der Waals surface area (Å²) in [6, 6.07) is 6.24. The van der Waals surface area contributed by atoms with Gasteiger partial charge in [0.15, 0.2) is 0 Å². The molecule has 0 radical (unpaired) electrons. The summed E-state index contributed by atoms with van der Waals surface area (Å²) in [6.45, 7) is 7.58. The summed E-state index contributed by atoms with van der Waals surface area (Å²) in [5, 5.41) is 12.4. The lowest BCUT2D eigenvalue weighted by atomic mass is 9.73. The minimum absolute atomic E-state index is 0.148. The van der Waals surface area contributed by atoms with Crippen molar-refractivity contribution in [2.24, 2.45) is 17.3 Å². The summed E-state index contributed by atoms with van der Waals surface area (Å²) in [6.07, 6.45) is 4.54. The number of carbonyl (C=O) groups excluding carboxylic acids is 2. The van der Waals surface area contributed by atoms with Crippen LogP contribution in [0.1, 0.15) is 71.4 Å². The fourth-order valence-corrected chi connectivity index (χ4v) is 5.46. The molecule has 0 aromatic heterocycles. The molecule has 1 aliphatic carbocycles. The van der Waals surface area contributed by atoms with Crippen molar-refractivity contribution in [2.75, 3.05) is 6.61 Å². The maximum atomic E-state index is 13.8. The Morgan fingerprint density at radius 1 is 1.13 bits per heavy atom. The molecule has 7 nitrogen and oxygen atoms in total. The minimum Gasteiger partial charge on any atom is -0.464 e. The molecule has 0 bridgehead atoms. The summed E-state index contributed by atoms with van der Waals surface area (Å²) >= 11 is 0. The smallest absolute Gasteiger partial charge is 0.329 e. The van der Waals surface area contributed by atoms with Crippen LogP contribution in [-0.2, 0) is 14.3 Å². The quantitative estimate of drug-likeness (QED) is 0.393. The van der Waals surface area contributed by atoms with Crippen LogP contribution in [-0.4, -0.2) is 40.4 Å². The molecule has 3 rings (SSSR count). The highest BCUT2D eigenvalue weighted by Gasteiger charge is 2.64. The molecule has 4 atom stereocenters. The molecule has 31 heavy (non-hydrogen) atoms. The first-order chi connectivity index (χ1) is 14.7. The molecule has 0 spiro atoms. The molecular formula is C24H34N2O5. The zero-order chi connectivity index (χ0) is 22.8. The van der Waals surface area contributed by atoms with E-state index < -0.39 is 35.4 Å². The predicted molar refractivity (Wildman–Crippen MR) is 117 cm³/mol. The van der Waals surface area contributed by atoms with Crippen LogP contribution in [0.4, 0.5) is 0 Å². The SMILES string of the molecule is CCOC(=O)[C@@H]1[C@@H](C(C)(C)C)[C@H]([N+](=O)[O-])[C@H](c2ccccc2)N1C(=O)C1CCCCC1. The van der Waals surface area contributed by atoms with Gasteiger partial charge in [-0.3, -0.25) is 14.9 Å². The average molecular weight is 431 g/mol. The van der Waals surface area contributed by atoms with Crippen LogP contribution in [0.25, 0.3) is 0 Å². The Kier molecular flexibility index (Phi) is 7.02. The average Bonchev–Trinajstić information content (AvgIpc) is 3.12. The zero-order valence-electron chi connectivity index (χ0n) is 19.0. The number of rotatable bonds is 5. The molecular weight excluding hydrogens is 396 g/mol. The van der Waals surface area contributed by atoms with Crippen molar-refractivity contribution in [3.63, 3.8) is 0 Å². The third-order valence-corrected chi connectivity index (χ3v) is 6.75. The Labute approximate surface area is 184 Å². The van der Waals surface area contributed by atoms with Crippen molar-refractivity contribution in [2.45, 2.75) is 77.9 Å². The van der Waals surface area contributed by atoms with E-state index in [2.05, 4.69) is 0 Å². The predicted octanol–water partition coefficient (Wildman–Crippen LogP) is 4.39. The first-order valence-corrected chi connectivity index (χ1v) is 11.4. The number of hydrogen-bond donors (Lipinski definition) is 0. The Balaban J connectivity index is 2.18. The lowest BCUT2D eigenvalue weighted by Gasteiger charge is -2.35. The second kappa shape index (κ2) is 9.37. The third kappa shape index (κ3) is 4.60. The Morgan fingerprint density at radius 3 is 2.26 bits per heavy atom. The molecule has 2 aliphatic rings. The van der Waals surface area contributed by atoms with Gasteiger partial charge in [0.1, 0.15) is 12.1 Å². The van der Waals surface area contributed by atoms with Crippen LogP contribution in [0.15, 0.2) is 30.3 Å². The van der Waals surface area contributed by atoms with Gasteiger partial charge in [-0.15, -0.1) is 0 Å². The van der Waals surface area contributed by atoms with Crippen molar-refractivity contribution >= 4 is 11.9 Å². The van der Waals surface area contributed by atoms with Crippen LogP contribution >= 0.6 is 0 Å². The normalized spacial score (nSPS) is 27.2. The number of esters is 1. The summed E-state index contributed by atoms with van der Waals surface area (Å²) in [7, 11) is 0. The largest absolute Gasteiger partial charge is 0.464 e. The summed E-state index contributed by atoms with van der Waals surface area (Å²) < 4.78 is 5.38. The van der Waals surface area contributed by atoms with Crippen LogP contribution in [0, 0.1) is 27.4 Å². The maximum Gasteiger partial charge on any atom is 0.329 e. The van der Waals surface area contributed by atoms with Gasteiger partial charge in [-0.05, 0) is 30.7 Å². The van der Waals surface area contributed by atoms with E-state index in [9.17, 15) is 19.7 Å². The fraction of sp³-hybridized carbons (Fsp3) is 0.667.